The predicted octanol–water partition coefficient (Wildman–Crippen LogP) is 2.89. The van der Waals surface area contributed by atoms with E-state index < -0.39 is 36.0 Å². The number of hydrogen-bond acceptors (Lipinski definition) is 6. The maximum absolute atomic E-state index is 12.8. The molecule has 10 heteroatoms. The van der Waals surface area contributed by atoms with E-state index >= 15 is 0 Å². The number of carbonyl (C=O) groups is 4. The van der Waals surface area contributed by atoms with Crippen molar-refractivity contribution in [3.05, 3.63) is 40.5 Å². The minimum absolute atomic E-state index is 0.192. The third-order valence-electron chi connectivity index (χ3n) is 6.05. The van der Waals surface area contributed by atoms with Gasteiger partial charge in [0, 0.05) is 10.4 Å². The first-order valence-corrected chi connectivity index (χ1v) is 10.8. The zero-order chi connectivity index (χ0) is 23.0. The molecule has 1 aromatic carbocycles. The van der Waals surface area contributed by atoms with E-state index in [0.29, 0.717) is 45.4 Å². The van der Waals surface area contributed by atoms with Crippen LogP contribution >= 0.6 is 11.6 Å². The van der Waals surface area contributed by atoms with Gasteiger partial charge < -0.3 is 10.1 Å². The van der Waals surface area contributed by atoms with E-state index in [9.17, 15) is 19.2 Å². The molecule has 0 bridgehead atoms. The van der Waals surface area contributed by atoms with Crippen LogP contribution in [0, 0.1) is 12.8 Å². The molecule has 2 aromatic rings. The SMILES string of the molecule is Cc1nc2ccc(Cl)cc2cc1C(=O)OCC(=O)NN1C(=O)NC2(CCC(C)CC2)C1=O. The van der Waals surface area contributed by atoms with Gasteiger partial charge in [0.15, 0.2) is 6.61 Å². The number of aryl methyl sites for hydroxylation is 1. The molecule has 1 spiro atoms. The lowest BCUT2D eigenvalue weighted by molar-refractivity contribution is -0.141. The van der Waals surface area contributed by atoms with Crippen molar-refractivity contribution in [2.75, 3.05) is 6.61 Å². The molecule has 4 amide bonds. The smallest absolute Gasteiger partial charge is 0.344 e. The van der Waals surface area contributed by atoms with Crippen LogP contribution in [-0.4, -0.2) is 46.0 Å². The van der Waals surface area contributed by atoms with Crippen LogP contribution in [0.25, 0.3) is 10.9 Å². The highest BCUT2D eigenvalue weighted by atomic mass is 35.5. The zero-order valence-electron chi connectivity index (χ0n) is 17.7. The molecule has 32 heavy (non-hydrogen) atoms. The lowest BCUT2D eigenvalue weighted by Gasteiger charge is -2.33. The van der Waals surface area contributed by atoms with Crippen LogP contribution in [0.15, 0.2) is 24.3 Å². The number of carbonyl (C=O) groups excluding carboxylic acids is 4. The summed E-state index contributed by atoms with van der Waals surface area (Å²) in [6.07, 6.45) is 2.68. The number of imide groups is 1. The molecule has 1 saturated carbocycles. The number of ether oxygens (including phenoxy) is 1. The number of benzene rings is 1. The summed E-state index contributed by atoms with van der Waals surface area (Å²) in [6, 6.07) is 6.02. The number of rotatable bonds is 4. The van der Waals surface area contributed by atoms with Crippen LogP contribution in [0.4, 0.5) is 4.79 Å². The fourth-order valence-corrected chi connectivity index (χ4v) is 4.31. The van der Waals surface area contributed by atoms with Gasteiger partial charge in [-0.25, -0.2) is 9.59 Å². The van der Waals surface area contributed by atoms with E-state index in [2.05, 4.69) is 22.7 Å². The van der Waals surface area contributed by atoms with Gasteiger partial charge in [0.2, 0.25) is 0 Å². The van der Waals surface area contributed by atoms with Gasteiger partial charge in [-0.3, -0.25) is 20.0 Å². The number of nitrogens with zero attached hydrogens (tertiary/aromatic N) is 2. The van der Waals surface area contributed by atoms with Gasteiger partial charge in [0.05, 0.1) is 16.8 Å². The van der Waals surface area contributed by atoms with Crippen molar-refractivity contribution in [1.82, 2.24) is 20.7 Å². The van der Waals surface area contributed by atoms with E-state index in [1.807, 2.05) is 0 Å². The number of fused-ring (bicyclic) bond motifs is 1. The summed E-state index contributed by atoms with van der Waals surface area (Å²) in [5.41, 5.74) is 2.57. The molecule has 4 rings (SSSR count). The summed E-state index contributed by atoms with van der Waals surface area (Å²) in [7, 11) is 0. The second-order valence-corrected chi connectivity index (χ2v) is 8.84. The number of nitrogens with one attached hydrogen (secondary N) is 2. The highest BCUT2D eigenvalue weighted by molar-refractivity contribution is 6.31. The Morgan fingerprint density at radius 2 is 2.00 bits per heavy atom. The second kappa shape index (κ2) is 8.38. The first-order chi connectivity index (χ1) is 15.2. The molecule has 9 nitrogen and oxygen atoms in total. The number of amides is 4. The summed E-state index contributed by atoms with van der Waals surface area (Å²) in [4.78, 5) is 54.2. The van der Waals surface area contributed by atoms with Crippen LogP contribution in [0.3, 0.4) is 0 Å². The number of hydrazine groups is 1. The molecule has 0 radical (unpaired) electrons. The van der Waals surface area contributed by atoms with E-state index in [0.717, 1.165) is 12.8 Å². The minimum atomic E-state index is -0.970. The van der Waals surface area contributed by atoms with Gasteiger partial charge in [-0.15, -0.1) is 0 Å². The predicted molar refractivity (Wildman–Crippen MR) is 116 cm³/mol. The molecule has 0 atom stereocenters. The fourth-order valence-electron chi connectivity index (χ4n) is 4.13. The average molecular weight is 459 g/mol. The molecule has 1 saturated heterocycles. The van der Waals surface area contributed by atoms with Crippen LogP contribution < -0.4 is 10.7 Å². The molecule has 1 aliphatic carbocycles. The van der Waals surface area contributed by atoms with Gasteiger partial charge in [-0.1, -0.05) is 18.5 Å². The number of esters is 1. The first kappa shape index (κ1) is 22.0. The zero-order valence-corrected chi connectivity index (χ0v) is 18.5. The molecule has 2 fully saturated rings. The average Bonchev–Trinajstić information content (AvgIpc) is 2.98. The lowest BCUT2D eigenvalue weighted by atomic mass is 9.77. The van der Waals surface area contributed by atoms with E-state index in [1.54, 1.807) is 31.2 Å². The normalized spacial score (nSPS) is 22.8. The van der Waals surface area contributed by atoms with Crippen LogP contribution in [0.1, 0.15) is 48.7 Å². The summed E-state index contributed by atoms with van der Waals surface area (Å²) >= 11 is 6.00. The molecule has 0 unspecified atom stereocenters. The molecular formula is C22H23ClN4O5. The Hall–Kier alpha value is -3.20. The van der Waals surface area contributed by atoms with Crippen LogP contribution in [0.2, 0.25) is 5.02 Å². The molecular weight excluding hydrogens is 436 g/mol. The number of aromatic nitrogens is 1. The van der Waals surface area contributed by atoms with Gasteiger partial charge in [0.1, 0.15) is 5.54 Å². The lowest BCUT2D eigenvalue weighted by Crippen LogP contribution is -2.52. The Morgan fingerprint density at radius 3 is 2.72 bits per heavy atom. The Morgan fingerprint density at radius 1 is 1.28 bits per heavy atom. The van der Waals surface area contributed by atoms with Crippen LogP contribution in [0.5, 0.6) is 0 Å². The maximum atomic E-state index is 12.8. The standard InChI is InChI=1S/C22H23ClN4O5/c1-12-5-7-22(8-6-12)20(30)27(21(31)25-22)26-18(28)11-32-19(29)16-10-14-9-15(23)3-4-17(14)24-13(16)2/h3-4,9-10,12H,5-8,11H2,1-2H3,(H,25,31)(H,26,28). The summed E-state index contributed by atoms with van der Waals surface area (Å²) in [6.45, 7) is 3.10. The summed E-state index contributed by atoms with van der Waals surface area (Å²) < 4.78 is 5.09. The molecule has 1 aliphatic heterocycles. The summed E-state index contributed by atoms with van der Waals surface area (Å²) in [5.74, 6) is -1.54. The molecule has 1 aromatic heterocycles. The molecule has 2 heterocycles. The van der Waals surface area contributed by atoms with Crippen molar-refractivity contribution in [2.24, 2.45) is 5.92 Å². The largest absolute Gasteiger partial charge is 0.452 e. The van der Waals surface area contributed by atoms with E-state index in [4.69, 9.17) is 16.3 Å². The van der Waals surface area contributed by atoms with Gasteiger partial charge >= 0.3 is 12.0 Å². The topological polar surface area (TPSA) is 118 Å². The number of halogens is 1. The third-order valence-corrected chi connectivity index (χ3v) is 6.28. The van der Waals surface area contributed by atoms with Crippen molar-refractivity contribution in [2.45, 2.75) is 45.1 Å². The molecule has 2 N–H and O–H groups in total. The van der Waals surface area contributed by atoms with Crippen molar-refractivity contribution in [3.63, 3.8) is 0 Å². The monoisotopic (exact) mass is 458 g/mol. The maximum Gasteiger partial charge on any atom is 0.344 e. The fraction of sp³-hybridized carbons (Fsp3) is 0.409. The summed E-state index contributed by atoms with van der Waals surface area (Å²) in [5, 5.41) is 4.55. The van der Waals surface area contributed by atoms with Gasteiger partial charge in [0.25, 0.3) is 11.8 Å². The van der Waals surface area contributed by atoms with Crippen molar-refractivity contribution >= 4 is 46.3 Å². The Bertz CT molecular complexity index is 1130. The number of hydrogen-bond donors (Lipinski definition) is 2. The second-order valence-electron chi connectivity index (χ2n) is 8.40. The quantitative estimate of drug-likeness (QED) is 0.537. The van der Waals surface area contributed by atoms with Crippen molar-refractivity contribution in [1.29, 1.82) is 0 Å². The highest BCUT2D eigenvalue weighted by Crippen LogP contribution is 2.35. The van der Waals surface area contributed by atoms with Crippen molar-refractivity contribution in [3.8, 4) is 0 Å². The van der Waals surface area contributed by atoms with Crippen molar-refractivity contribution < 1.29 is 23.9 Å². The Kier molecular flexibility index (Phi) is 5.77. The molecule has 2 aliphatic rings. The molecule has 168 valence electrons. The van der Waals surface area contributed by atoms with E-state index in [-0.39, 0.29) is 5.56 Å². The van der Waals surface area contributed by atoms with Gasteiger partial charge in [-0.05, 0) is 62.8 Å². The highest BCUT2D eigenvalue weighted by Gasteiger charge is 2.52. The number of pyridine rings is 1. The number of urea groups is 1. The first-order valence-electron chi connectivity index (χ1n) is 10.4. The Labute approximate surface area is 189 Å². The third kappa shape index (κ3) is 4.12. The Balaban J connectivity index is 1.38. The minimum Gasteiger partial charge on any atom is -0.452 e. The van der Waals surface area contributed by atoms with E-state index in [1.165, 1.54) is 0 Å². The van der Waals surface area contributed by atoms with Gasteiger partial charge in [-0.2, -0.15) is 5.01 Å². The van der Waals surface area contributed by atoms with Crippen LogP contribution in [-0.2, 0) is 14.3 Å².